The van der Waals surface area contributed by atoms with Crippen molar-refractivity contribution in [2.45, 2.75) is 13.5 Å². The Kier molecular flexibility index (Phi) is 7.01. The Morgan fingerprint density at radius 1 is 0.889 bits per heavy atom. The predicted octanol–water partition coefficient (Wildman–Crippen LogP) is 4.81. The third-order valence-corrected chi connectivity index (χ3v) is 6.41. The molecule has 0 saturated heterocycles. The molecule has 3 aromatic carbocycles. The van der Waals surface area contributed by atoms with Gasteiger partial charge in [-0.15, -0.1) is 0 Å². The van der Waals surface area contributed by atoms with Gasteiger partial charge in [0.2, 0.25) is 5.75 Å². The van der Waals surface area contributed by atoms with Crippen LogP contribution in [0.5, 0.6) is 17.2 Å². The SMILES string of the molecule is COc1cc(CN(C)C(=O)c2c(-c3ccccc3C)c3ccccc3c(=O)n2C)cc(OC)c1OC. The zero-order valence-electron chi connectivity index (χ0n) is 21.4. The summed E-state index contributed by atoms with van der Waals surface area (Å²) in [7, 11) is 8.01. The van der Waals surface area contributed by atoms with E-state index in [1.54, 1.807) is 46.4 Å². The highest BCUT2D eigenvalue weighted by atomic mass is 16.5. The Hall–Kier alpha value is -4.26. The number of hydrogen-bond donors (Lipinski definition) is 0. The van der Waals surface area contributed by atoms with Gasteiger partial charge in [-0.05, 0) is 47.2 Å². The molecule has 4 rings (SSSR count). The number of fused-ring (bicyclic) bond motifs is 1. The summed E-state index contributed by atoms with van der Waals surface area (Å²) in [5, 5.41) is 1.32. The second-order valence-corrected chi connectivity index (χ2v) is 8.64. The molecule has 0 aliphatic rings. The average molecular weight is 487 g/mol. The fourth-order valence-corrected chi connectivity index (χ4v) is 4.59. The van der Waals surface area contributed by atoms with Crippen molar-refractivity contribution in [2.75, 3.05) is 28.4 Å². The van der Waals surface area contributed by atoms with E-state index in [1.807, 2.05) is 61.5 Å². The van der Waals surface area contributed by atoms with Gasteiger partial charge in [0.05, 0.1) is 21.3 Å². The third kappa shape index (κ3) is 4.28. The lowest BCUT2D eigenvalue weighted by atomic mass is 9.93. The zero-order valence-corrected chi connectivity index (χ0v) is 21.4. The first-order chi connectivity index (χ1) is 17.3. The molecule has 0 aliphatic carbocycles. The molecule has 0 bridgehead atoms. The van der Waals surface area contributed by atoms with E-state index in [4.69, 9.17) is 14.2 Å². The van der Waals surface area contributed by atoms with Crippen LogP contribution >= 0.6 is 0 Å². The molecule has 186 valence electrons. The minimum atomic E-state index is -0.271. The van der Waals surface area contributed by atoms with Gasteiger partial charge in [-0.25, -0.2) is 0 Å². The van der Waals surface area contributed by atoms with Gasteiger partial charge < -0.3 is 23.7 Å². The van der Waals surface area contributed by atoms with Crippen molar-refractivity contribution < 1.29 is 19.0 Å². The van der Waals surface area contributed by atoms with Gasteiger partial charge in [-0.3, -0.25) is 9.59 Å². The number of rotatable bonds is 7. The van der Waals surface area contributed by atoms with Crippen molar-refractivity contribution in [2.24, 2.45) is 7.05 Å². The molecule has 0 aliphatic heterocycles. The summed E-state index contributed by atoms with van der Waals surface area (Å²) >= 11 is 0. The summed E-state index contributed by atoms with van der Waals surface area (Å²) in [4.78, 5) is 28.9. The minimum Gasteiger partial charge on any atom is -0.493 e. The van der Waals surface area contributed by atoms with Crippen molar-refractivity contribution in [1.82, 2.24) is 9.47 Å². The van der Waals surface area contributed by atoms with Gasteiger partial charge in [0, 0.05) is 31.6 Å². The lowest BCUT2D eigenvalue weighted by molar-refractivity contribution is 0.0775. The Morgan fingerprint density at radius 3 is 2.06 bits per heavy atom. The Bertz CT molecular complexity index is 1480. The second kappa shape index (κ2) is 10.2. The maximum absolute atomic E-state index is 14.0. The first-order valence-electron chi connectivity index (χ1n) is 11.5. The first kappa shape index (κ1) is 24.9. The Morgan fingerprint density at radius 2 is 1.47 bits per heavy atom. The molecule has 7 heteroatoms. The van der Waals surface area contributed by atoms with E-state index >= 15 is 0 Å². The van der Waals surface area contributed by atoms with E-state index in [2.05, 4.69) is 0 Å². The zero-order chi connectivity index (χ0) is 26.0. The summed E-state index contributed by atoms with van der Waals surface area (Å²) in [6, 6.07) is 18.9. The summed E-state index contributed by atoms with van der Waals surface area (Å²) in [5.41, 5.74) is 3.59. The molecule has 4 aromatic rings. The van der Waals surface area contributed by atoms with Gasteiger partial charge >= 0.3 is 0 Å². The van der Waals surface area contributed by atoms with E-state index < -0.39 is 0 Å². The summed E-state index contributed by atoms with van der Waals surface area (Å²) in [6.45, 7) is 2.27. The van der Waals surface area contributed by atoms with Gasteiger partial charge in [-0.1, -0.05) is 42.5 Å². The van der Waals surface area contributed by atoms with Crippen LogP contribution in [0.4, 0.5) is 0 Å². The topological polar surface area (TPSA) is 70.0 Å². The summed E-state index contributed by atoms with van der Waals surface area (Å²) < 4.78 is 17.8. The molecule has 0 saturated carbocycles. The number of pyridine rings is 1. The highest BCUT2D eigenvalue weighted by Gasteiger charge is 2.25. The van der Waals surface area contributed by atoms with Gasteiger partial charge in [-0.2, -0.15) is 0 Å². The molecule has 0 radical (unpaired) electrons. The highest BCUT2D eigenvalue weighted by molar-refractivity contribution is 6.08. The molecule has 7 nitrogen and oxygen atoms in total. The number of carbonyl (C=O) groups excluding carboxylic acids is 1. The van der Waals surface area contributed by atoms with Crippen LogP contribution in [0, 0.1) is 6.92 Å². The number of benzene rings is 3. The van der Waals surface area contributed by atoms with Crippen LogP contribution < -0.4 is 19.8 Å². The number of hydrogen-bond acceptors (Lipinski definition) is 5. The predicted molar refractivity (Wildman–Crippen MR) is 141 cm³/mol. The maximum Gasteiger partial charge on any atom is 0.271 e. The van der Waals surface area contributed by atoms with E-state index in [1.165, 1.54) is 4.57 Å². The number of carbonyl (C=O) groups is 1. The number of aromatic nitrogens is 1. The molecular weight excluding hydrogens is 456 g/mol. The lowest BCUT2D eigenvalue weighted by Crippen LogP contribution is -2.33. The number of methoxy groups -OCH3 is 3. The molecule has 36 heavy (non-hydrogen) atoms. The van der Waals surface area contributed by atoms with E-state index in [0.717, 1.165) is 27.6 Å². The van der Waals surface area contributed by atoms with E-state index in [-0.39, 0.29) is 18.0 Å². The smallest absolute Gasteiger partial charge is 0.271 e. The van der Waals surface area contributed by atoms with Crippen LogP contribution in [0.3, 0.4) is 0 Å². The maximum atomic E-state index is 14.0. The molecular formula is C29H30N2O5. The summed E-state index contributed by atoms with van der Waals surface area (Å²) in [6.07, 6.45) is 0. The number of aryl methyl sites for hydroxylation is 1. The first-order valence-corrected chi connectivity index (χ1v) is 11.5. The average Bonchev–Trinajstić information content (AvgIpc) is 2.90. The van der Waals surface area contributed by atoms with Crippen LogP contribution in [-0.4, -0.2) is 43.8 Å². The molecule has 1 amide bonds. The van der Waals surface area contributed by atoms with Crippen molar-refractivity contribution in [3.8, 4) is 28.4 Å². The van der Waals surface area contributed by atoms with Gasteiger partial charge in [0.1, 0.15) is 5.69 Å². The van der Waals surface area contributed by atoms with E-state index in [0.29, 0.717) is 28.3 Å². The molecule has 0 fully saturated rings. The monoisotopic (exact) mass is 486 g/mol. The Labute approximate surface area is 210 Å². The number of amides is 1. The molecule has 0 unspecified atom stereocenters. The van der Waals surface area contributed by atoms with Crippen LogP contribution in [-0.2, 0) is 13.6 Å². The van der Waals surface area contributed by atoms with Crippen molar-refractivity contribution in [3.63, 3.8) is 0 Å². The van der Waals surface area contributed by atoms with Crippen molar-refractivity contribution >= 4 is 16.7 Å². The van der Waals surface area contributed by atoms with Crippen LogP contribution in [0.25, 0.3) is 21.9 Å². The van der Waals surface area contributed by atoms with Crippen molar-refractivity contribution in [3.05, 3.63) is 87.8 Å². The highest BCUT2D eigenvalue weighted by Crippen LogP contribution is 2.39. The molecule has 1 aromatic heterocycles. The van der Waals surface area contributed by atoms with Gasteiger partial charge in [0.25, 0.3) is 11.5 Å². The largest absolute Gasteiger partial charge is 0.493 e. The molecule has 0 N–H and O–H groups in total. The van der Waals surface area contributed by atoms with Gasteiger partial charge in [0.15, 0.2) is 11.5 Å². The van der Waals surface area contributed by atoms with Crippen LogP contribution in [0.1, 0.15) is 21.6 Å². The number of ether oxygens (including phenoxy) is 3. The fraction of sp³-hybridized carbons (Fsp3) is 0.241. The molecule has 1 heterocycles. The van der Waals surface area contributed by atoms with Crippen molar-refractivity contribution in [1.29, 1.82) is 0 Å². The number of nitrogens with zero attached hydrogens (tertiary/aromatic N) is 2. The Balaban J connectivity index is 1.87. The van der Waals surface area contributed by atoms with Crippen LogP contribution in [0.2, 0.25) is 0 Å². The molecule has 0 atom stereocenters. The quantitative estimate of drug-likeness (QED) is 0.375. The summed E-state index contributed by atoms with van der Waals surface area (Å²) in [5.74, 6) is 1.22. The normalized spacial score (nSPS) is 10.8. The van der Waals surface area contributed by atoms with Crippen LogP contribution in [0.15, 0.2) is 65.5 Å². The van der Waals surface area contributed by atoms with E-state index in [9.17, 15) is 9.59 Å². The molecule has 0 spiro atoms. The third-order valence-electron chi connectivity index (χ3n) is 6.41. The fourth-order valence-electron chi connectivity index (χ4n) is 4.59. The minimum absolute atomic E-state index is 0.215. The second-order valence-electron chi connectivity index (χ2n) is 8.64. The standard InChI is InChI=1S/C29H30N2O5/c1-18-11-7-8-12-20(18)25-21-13-9-10-14-22(21)28(32)31(3)26(25)29(33)30(2)17-19-15-23(34-4)27(36-6)24(16-19)35-5/h7-16H,17H2,1-6H3. The lowest BCUT2D eigenvalue weighted by Gasteiger charge is -2.24.